The van der Waals surface area contributed by atoms with Crippen LogP contribution in [0.2, 0.25) is 0 Å². The number of ether oxygens (including phenoxy) is 1. The van der Waals surface area contributed by atoms with Crippen molar-refractivity contribution < 1.29 is 13.2 Å². The summed E-state index contributed by atoms with van der Waals surface area (Å²) in [7, 11) is -3.07. The van der Waals surface area contributed by atoms with E-state index in [0.29, 0.717) is 19.0 Å². The molecule has 1 aliphatic rings. The van der Waals surface area contributed by atoms with Crippen LogP contribution in [0.1, 0.15) is 24.8 Å². The average molecular weight is 312 g/mol. The van der Waals surface area contributed by atoms with Gasteiger partial charge in [-0.25, -0.2) is 12.7 Å². The monoisotopic (exact) mass is 312 g/mol. The first-order valence-electron chi connectivity index (χ1n) is 7.40. The van der Waals surface area contributed by atoms with Gasteiger partial charge in [0.1, 0.15) is 5.75 Å². The maximum absolute atomic E-state index is 11.5. The van der Waals surface area contributed by atoms with Crippen LogP contribution < -0.4 is 10.1 Å². The van der Waals surface area contributed by atoms with Crippen LogP contribution in [0.4, 0.5) is 0 Å². The molecule has 0 amide bonds. The second-order valence-electron chi connectivity index (χ2n) is 5.36. The zero-order valence-electron chi connectivity index (χ0n) is 12.7. The van der Waals surface area contributed by atoms with E-state index in [4.69, 9.17) is 4.74 Å². The Morgan fingerprint density at radius 2 is 2.14 bits per heavy atom. The Labute approximate surface area is 127 Å². The fourth-order valence-corrected chi connectivity index (χ4v) is 3.54. The van der Waals surface area contributed by atoms with Crippen LogP contribution in [0.5, 0.6) is 5.75 Å². The summed E-state index contributed by atoms with van der Waals surface area (Å²) in [6.07, 6.45) is 2.08. The third kappa shape index (κ3) is 4.43. The van der Waals surface area contributed by atoms with Crippen molar-refractivity contribution in [2.75, 3.05) is 39.0 Å². The van der Waals surface area contributed by atoms with E-state index < -0.39 is 10.0 Å². The highest BCUT2D eigenvalue weighted by molar-refractivity contribution is 7.88. The van der Waals surface area contributed by atoms with E-state index in [-0.39, 0.29) is 0 Å². The van der Waals surface area contributed by atoms with Crippen LogP contribution in [0.3, 0.4) is 0 Å². The molecule has 5 nitrogen and oxygen atoms in total. The maximum atomic E-state index is 11.5. The minimum absolute atomic E-state index is 0.387. The van der Waals surface area contributed by atoms with Gasteiger partial charge in [-0.3, -0.25) is 0 Å². The molecule has 0 aliphatic carbocycles. The molecule has 6 heteroatoms. The first-order chi connectivity index (χ1) is 10.0. The normalized spacial score (nSPS) is 17.8. The van der Waals surface area contributed by atoms with Gasteiger partial charge in [-0.1, -0.05) is 25.1 Å². The molecule has 0 saturated heterocycles. The van der Waals surface area contributed by atoms with E-state index in [2.05, 4.69) is 11.4 Å². The number of hydrogen-bond donors (Lipinski definition) is 1. The standard InChI is InChI=1S/C15H24N2O3S/c1-3-17(21(2,18)19)10-6-9-16-11-13-12-20-15-8-5-4-7-14(13)15/h4-5,7-8,13,16H,3,6,9-12H2,1-2H3. The topological polar surface area (TPSA) is 58.6 Å². The summed E-state index contributed by atoms with van der Waals surface area (Å²) in [5, 5.41) is 3.40. The smallest absolute Gasteiger partial charge is 0.211 e. The molecule has 1 unspecified atom stereocenters. The van der Waals surface area contributed by atoms with E-state index >= 15 is 0 Å². The van der Waals surface area contributed by atoms with E-state index in [0.717, 1.165) is 31.9 Å². The molecule has 1 aliphatic heterocycles. The number of nitrogens with zero attached hydrogens (tertiary/aromatic N) is 1. The lowest BCUT2D eigenvalue weighted by atomic mass is 10.0. The lowest BCUT2D eigenvalue weighted by molar-refractivity contribution is 0.325. The van der Waals surface area contributed by atoms with Gasteiger partial charge in [0.15, 0.2) is 0 Å². The fourth-order valence-electron chi connectivity index (χ4n) is 2.61. The van der Waals surface area contributed by atoms with E-state index in [9.17, 15) is 8.42 Å². The molecule has 1 N–H and O–H groups in total. The Morgan fingerprint density at radius 3 is 2.86 bits per heavy atom. The Hall–Kier alpha value is -1.11. The second kappa shape index (κ2) is 7.24. The van der Waals surface area contributed by atoms with Gasteiger partial charge < -0.3 is 10.1 Å². The number of rotatable bonds is 8. The SMILES string of the molecule is CCN(CCCNCC1COc2ccccc21)S(C)(=O)=O. The molecule has 0 radical (unpaired) electrons. The average Bonchev–Trinajstić information content (AvgIpc) is 2.85. The molecular weight excluding hydrogens is 288 g/mol. The van der Waals surface area contributed by atoms with Crippen LogP contribution >= 0.6 is 0 Å². The summed E-state index contributed by atoms with van der Waals surface area (Å²) in [6, 6.07) is 8.13. The first-order valence-corrected chi connectivity index (χ1v) is 9.24. The summed E-state index contributed by atoms with van der Waals surface area (Å²) in [4.78, 5) is 0. The predicted octanol–water partition coefficient (Wildman–Crippen LogP) is 1.42. The molecule has 0 bridgehead atoms. The lowest BCUT2D eigenvalue weighted by Crippen LogP contribution is -2.33. The van der Waals surface area contributed by atoms with Crippen LogP contribution in [-0.4, -0.2) is 51.8 Å². The minimum atomic E-state index is -3.07. The van der Waals surface area contributed by atoms with Crippen molar-refractivity contribution in [3.8, 4) is 5.75 Å². The Bertz CT molecular complexity index is 560. The van der Waals surface area contributed by atoms with Gasteiger partial charge in [0.2, 0.25) is 10.0 Å². The third-order valence-corrected chi connectivity index (χ3v) is 5.15. The molecular formula is C15H24N2O3S. The summed E-state index contributed by atoms with van der Waals surface area (Å²) in [5.41, 5.74) is 1.26. The summed E-state index contributed by atoms with van der Waals surface area (Å²) < 4.78 is 30.1. The van der Waals surface area contributed by atoms with Gasteiger partial charge in [-0.05, 0) is 19.0 Å². The first kappa shape index (κ1) is 16.3. The molecule has 1 heterocycles. The lowest BCUT2D eigenvalue weighted by Gasteiger charge is -2.18. The Balaban J connectivity index is 1.69. The summed E-state index contributed by atoms with van der Waals surface area (Å²) in [5.74, 6) is 1.37. The van der Waals surface area contributed by atoms with Crippen LogP contribution in [0, 0.1) is 0 Å². The number of hydrogen-bond acceptors (Lipinski definition) is 4. The van der Waals surface area contributed by atoms with Crippen LogP contribution in [-0.2, 0) is 10.0 Å². The number of nitrogens with one attached hydrogen (secondary N) is 1. The molecule has 1 atom stereocenters. The molecule has 21 heavy (non-hydrogen) atoms. The summed E-state index contributed by atoms with van der Waals surface area (Å²) in [6.45, 7) is 5.35. The van der Waals surface area contributed by atoms with Crippen molar-refractivity contribution in [2.45, 2.75) is 19.3 Å². The minimum Gasteiger partial charge on any atom is -0.493 e. The molecule has 0 fully saturated rings. The summed E-state index contributed by atoms with van der Waals surface area (Å²) >= 11 is 0. The van der Waals surface area contributed by atoms with Gasteiger partial charge in [0.05, 0.1) is 12.9 Å². The number of sulfonamides is 1. The molecule has 0 aromatic heterocycles. The van der Waals surface area contributed by atoms with Gasteiger partial charge in [-0.2, -0.15) is 0 Å². The molecule has 0 saturated carbocycles. The van der Waals surface area contributed by atoms with Crippen molar-refractivity contribution in [1.29, 1.82) is 0 Å². The van der Waals surface area contributed by atoms with Crippen molar-refractivity contribution in [3.63, 3.8) is 0 Å². The van der Waals surface area contributed by atoms with Gasteiger partial charge in [0.25, 0.3) is 0 Å². The van der Waals surface area contributed by atoms with Gasteiger partial charge in [0, 0.05) is 31.1 Å². The van der Waals surface area contributed by atoms with Crippen molar-refractivity contribution in [2.24, 2.45) is 0 Å². The fraction of sp³-hybridized carbons (Fsp3) is 0.600. The van der Waals surface area contributed by atoms with Crippen molar-refractivity contribution in [1.82, 2.24) is 9.62 Å². The van der Waals surface area contributed by atoms with E-state index in [1.807, 2.05) is 25.1 Å². The highest BCUT2D eigenvalue weighted by Gasteiger charge is 2.22. The third-order valence-electron chi connectivity index (χ3n) is 3.77. The zero-order valence-corrected chi connectivity index (χ0v) is 13.5. The predicted molar refractivity (Wildman–Crippen MR) is 84.3 cm³/mol. The zero-order chi connectivity index (χ0) is 15.3. The van der Waals surface area contributed by atoms with Crippen molar-refractivity contribution >= 4 is 10.0 Å². The molecule has 118 valence electrons. The number of fused-ring (bicyclic) bond motifs is 1. The highest BCUT2D eigenvalue weighted by Crippen LogP contribution is 2.32. The van der Waals surface area contributed by atoms with Crippen LogP contribution in [0.15, 0.2) is 24.3 Å². The van der Waals surface area contributed by atoms with Gasteiger partial charge >= 0.3 is 0 Å². The van der Waals surface area contributed by atoms with E-state index in [1.54, 1.807) is 0 Å². The second-order valence-corrected chi connectivity index (χ2v) is 7.34. The Morgan fingerprint density at radius 1 is 1.38 bits per heavy atom. The molecule has 2 rings (SSSR count). The van der Waals surface area contributed by atoms with Crippen molar-refractivity contribution in [3.05, 3.63) is 29.8 Å². The van der Waals surface area contributed by atoms with Gasteiger partial charge in [-0.15, -0.1) is 0 Å². The largest absolute Gasteiger partial charge is 0.493 e. The Kier molecular flexibility index (Phi) is 5.61. The maximum Gasteiger partial charge on any atom is 0.211 e. The quantitative estimate of drug-likeness (QED) is 0.738. The molecule has 1 aromatic rings. The van der Waals surface area contributed by atoms with E-state index in [1.165, 1.54) is 16.1 Å². The molecule has 1 aromatic carbocycles. The van der Waals surface area contributed by atoms with Crippen LogP contribution in [0.25, 0.3) is 0 Å². The number of benzene rings is 1. The molecule has 0 spiro atoms. The number of para-hydroxylation sites is 1. The highest BCUT2D eigenvalue weighted by atomic mass is 32.2.